The Morgan fingerprint density at radius 3 is 2.93 bits per heavy atom. The molecule has 78 valence electrons. The van der Waals surface area contributed by atoms with Gasteiger partial charge in [0.1, 0.15) is 0 Å². The minimum absolute atomic E-state index is 0.592. The van der Waals surface area contributed by atoms with Crippen LogP contribution in [0.25, 0.3) is 0 Å². The van der Waals surface area contributed by atoms with Gasteiger partial charge in [-0.05, 0) is 24.0 Å². The first-order valence-corrected chi connectivity index (χ1v) is 5.71. The molecule has 0 fully saturated rings. The Balaban J connectivity index is 2.14. The molecule has 1 aromatic carbocycles. The number of hydrogen-bond donors (Lipinski definition) is 1. The van der Waals surface area contributed by atoms with Gasteiger partial charge in [0.15, 0.2) is 0 Å². The van der Waals surface area contributed by atoms with Crippen molar-refractivity contribution in [2.45, 2.75) is 11.6 Å². The Bertz CT molecular complexity index is 455. The van der Waals surface area contributed by atoms with Crippen LogP contribution in [0.15, 0.2) is 33.9 Å². The minimum atomic E-state index is 0.592. The number of nitrogens with two attached hydrogens (primary N) is 1. The molecule has 0 atom stereocenters. The van der Waals surface area contributed by atoms with E-state index in [0.717, 1.165) is 11.3 Å². The minimum Gasteiger partial charge on any atom is -0.416 e. The normalized spacial score (nSPS) is 10.5. The first-order chi connectivity index (χ1) is 7.28. The summed E-state index contributed by atoms with van der Waals surface area (Å²) in [4.78, 5) is 0. The molecule has 0 aliphatic carbocycles. The van der Waals surface area contributed by atoms with Gasteiger partial charge >= 0.3 is 0 Å². The van der Waals surface area contributed by atoms with Crippen LogP contribution in [0.5, 0.6) is 0 Å². The van der Waals surface area contributed by atoms with Crippen LogP contribution in [-0.2, 0) is 6.42 Å². The predicted octanol–water partition coefficient (Wildman–Crippen LogP) is 1.96. The molecule has 0 aliphatic heterocycles. The van der Waals surface area contributed by atoms with E-state index in [1.54, 1.807) is 0 Å². The molecule has 0 saturated heterocycles. The number of rotatable bonds is 3. The summed E-state index contributed by atoms with van der Waals surface area (Å²) in [6, 6.07) is 7.66. The summed E-state index contributed by atoms with van der Waals surface area (Å²) >= 11 is 1.44. The fourth-order valence-electron chi connectivity index (χ4n) is 1.27. The molecule has 0 saturated carbocycles. The Kier molecular flexibility index (Phi) is 2.91. The fourth-order valence-corrected chi connectivity index (χ4v) is 1.57. The summed E-state index contributed by atoms with van der Waals surface area (Å²) in [6.07, 6.45) is 2.52. The first kappa shape index (κ1) is 10.0. The molecule has 0 amide bonds. The molecule has 0 aliphatic rings. The van der Waals surface area contributed by atoms with Gasteiger partial charge in [-0.1, -0.05) is 23.9 Å². The molecule has 0 unspecified atom stereocenters. The van der Waals surface area contributed by atoms with Gasteiger partial charge in [0.2, 0.25) is 5.89 Å². The van der Waals surface area contributed by atoms with E-state index in [0.29, 0.717) is 17.5 Å². The van der Waals surface area contributed by atoms with Gasteiger partial charge in [0, 0.05) is 5.69 Å². The van der Waals surface area contributed by atoms with E-state index < -0.39 is 0 Å². The molecule has 4 nitrogen and oxygen atoms in total. The third-order valence-electron chi connectivity index (χ3n) is 1.93. The highest BCUT2D eigenvalue weighted by Crippen LogP contribution is 2.15. The summed E-state index contributed by atoms with van der Waals surface area (Å²) in [6.45, 7) is 0. The van der Waals surface area contributed by atoms with Gasteiger partial charge in [-0.3, -0.25) is 0 Å². The zero-order valence-corrected chi connectivity index (χ0v) is 9.12. The Labute approximate surface area is 91.9 Å². The standard InChI is InChI=1S/C10H11N3OS/c1-15-10-13-12-9(14-10)6-7-3-2-4-8(11)5-7/h2-5H,6,11H2,1H3. The molecule has 0 radical (unpaired) electrons. The first-order valence-electron chi connectivity index (χ1n) is 4.48. The highest BCUT2D eigenvalue weighted by molar-refractivity contribution is 7.98. The van der Waals surface area contributed by atoms with E-state index in [1.165, 1.54) is 11.8 Å². The number of nitrogen functional groups attached to an aromatic ring is 1. The lowest BCUT2D eigenvalue weighted by molar-refractivity contribution is 0.421. The SMILES string of the molecule is CSc1nnc(Cc2cccc(N)c2)o1. The van der Waals surface area contributed by atoms with Gasteiger partial charge in [-0.15, -0.1) is 10.2 Å². The van der Waals surface area contributed by atoms with E-state index in [1.807, 2.05) is 30.5 Å². The smallest absolute Gasteiger partial charge is 0.276 e. The van der Waals surface area contributed by atoms with E-state index in [4.69, 9.17) is 10.2 Å². The fraction of sp³-hybridized carbons (Fsp3) is 0.200. The summed E-state index contributed by atoms with van der Waals surface area (Å²) < 4.78 is 5.38. The molecular formula is C10H11N3OS. The van der Waals surface area contributed by atoms with Gasteiger partial charge in [0.25, 0.3) is 5.22 Å². The lowest BCUT2D eigenvalue weighted by atomic mass is 10.1. The molecule has 5 heteroatoms. The number of benzene rings is 1. The molecule has 1 heterocycles. The molecular weight excluding hydrogens is 210 g/mol. The lowest BCUT2D eigenvalue weighted by Gasteiger charge is -1.97. The summed E-state index contributed by atoms with van der Waals surface area (Å²) in [5, 5.41) is 8.39. The molecule has 0 spiro atoms. The zero-order valence-electron chi connectivity index (χ0n) is 8.30. The van der Waals surface area contributed by atoms with Crippen molar-refractivity contribution in [2.75, 3.05) is 12.0 Å². The van der Waals surface area contributed by atoms with E-state index in [-0.39, 0.29) is 0 Å². The molecule has 0 bridgehead atoms. The van der Waals surface area contributed by atoms with Crippen molar-refractivity contribution < 1.29 is 4.42 Å². The van der Waals surface area contributed by atoms with E-state index in [9.17, 15) is 0 Å². The van der Waals surface area contributed by atoms with Gasteiger partial charge in [-0.2, -0.15) is 0 Å². The van der Waals surface area contributed by atoms with Crippen molar-refractivity contribution >= 4 is 17.4 Å². The average molecular weight is 221 g/mol. The van der Waals surface area contributed by atoms with Crippen LogP contribution in [0, 0.1) is 0 Å². The topological polar surface area (TPSA) is 64.9 Å². The monoisotopic (exact) mass is 221 g/mol. The highest BCUT2D eigenvalue weighted by atomic mass is 32.2. The molecule has 1 aromatic heterocycles. The third-order valence-corrected chi connectivity index (χ3v) is 2.44. The number of anilines is 1. The van der Waals surface area contributed by atoms with Crippen LogP contribution >= 0.6 is 11.8 Å². The number of hydrogen-bond acceptors (Lipinski definition) is 5. The van der Waals surface area contributed by atoms with Crippen LogP contribution in [0.1, 0.15) is 11.5 Å². The van der Waals surface area contributed by atoms with Crippen molar-refractivity contribution in [2.24, 2.45) is 0 Å². The second-order valence-electron chi connectivity index (χ2n) is 3.09. The Morgan fingerprint density at radius 1 is 1.40 bits per heavy atom. The van der Waals surface area contributed by atoms with Gasteiger partial charge in [0.05, 0.1) is 6.42 Å². The maximum absolute atomic E-state index is 5.67. The second kappa shape index (κ2) is 4.35. The summed E-state index contributed by atoms with van der Waals surface area (Å²) in [5.74, 6) is 0.616. The molecule has 15 heavy (non-hydrogen) atoms. The van der Waals surface area contributed by atoms with Crippen molar-refractivity contribution in [3.8, 4) is 0 Å². The quantitative estimate of drug-likeness (QED) is 0.634. The average Bonchev–Trinajstić information content (AvgIpc) is 2.65. The van der Waals surface area contributed by atoms with Crippen LogP contribution in [-0.4, -0.2) is 16.5 Å². The van der Waals surface area contributed by atoms with E-state index in [2.05, 4.69) is 10.2 Å². The Hall–Kier alpha value is -1.49. The van der Waals surface area contributed by atoms with Crippen molar-refractivity contribution in [3.63, 3.8) is 0 Å². The van der Waals surface area contributed by atoms with E-state index >= 15 is 0 Å². The van der Waals surface area contributed by atoms with Gasteiger partial charge in [-0.25, -0.2) is 0 Å². The summed E-state index contributed by atoms with van der Waals surface area (Å²) in [5.41, 5.74) is 7.50. The Morgan fingerprint density at radius 2 is 2.27 bits per heavy atom. The van der Waals surface area contributed by atoms with Crippen LogP contribution < -0.4 is 5.73 Å². The molecule has 2 aromatic rings. The predicted molar refractivity (Wildman–Crippen MR) is 59.7 cm³/mol. The number of thioether (sulfide) groups is 1. The van der Waals surface area contributed by atoms with Crippen molar-refractivity contribution in [1.82, 2.24) is 10.2 Å². The zero-order chi connectivity index (χ0) is 10.7. The molecule has 2 rings (SSSR count). The van der Waals surface area contributed by atoms with Crippen LogP contribution in [0.4, 0.5) is 5.69 Å². The van der Waals surface area contributed by atoms with Crippen molar-refractivity contribution in [1.29, 1.82) is 0 Å². The second-order valence-corrected chi connectivity index (χ2v) is 3.85. The number of aromatic nitrogens is 2. The maximum atomic E-state index is 5.67. The van der Waals surface area contributed by atoms with Crippen LogP contribution in [0.3, 0.4) is 0 Å². The van der Waals surface area contributed by atoms with Crippen molar-refractivity contribution in [3.05, 3.63) is 35.7 Å². The van der Waals surface area contributed by atoms with Crippen LogP contribution in [0.2, 0.25) is 0 Å². The summed E-state index contributed by atoms with van der Waals surface area (Å²) in [7, 11) is 0. The lowest BCUT2D eigenvalue weighted by Crippen LogP contribution is -1.91. The largest absolute Gasteiger partial charge is 0.416 e. The van der Waals surface area contributed by atoms with Gasteiger partial charge < -0.3 is 10.2 Å². The molecule has 2 N–H and O–H groups in total. The number of nitrogens with zero attached hydrogens (tertiary/aromatic N) is 2. The highest BCUT2D eigenvalue weighted by Gasteiger charge is 2.05. The third kappa shape index (κ3) is 2.50. The maximum Gasteiger partial charge on any atom is 0.276 e.